The minimum atomic E-state index is -1.02. The molecule has 1 atom stereocenters. The third-order valence-electron chi connectivity index (χ3n) is 6.93. The number of nitrogens with zero attached hydrogens (tertiary/aromatic N) is 1. The second-order valence-corrected chi connectivity index (χ2v) is 11.0. The molecule has 6 heteroatoms. The summed E-state index contributed by atoms with van der Waals surface area (Å²) >= 11 is 1.56. The Labute approximate surface area is 241 Å². The fraction of sp³-hybridized carbons (Fsp3) is 0.235. The maximum absolute atomic E-state index is 13.5. The van der Waals surface area contributed by atoms with Crippen molar-refractivity contribution in [2.45, 2.75) is 39.4 Å². The van der Waals surface area contributed by atoms with Crippen LogP contribution in [0.3, 0.4) is 0 Å². The highest BCUT2D eigenvalue weighted by atomic mass is 32.2. The van der Waals surface area contributed by atoms with E-state index in [-0.39, 0.29) is 5.91 Å². The molecule has 5 nitrogen and oxygen atoms in total. The summed E-state index contributed by atoms with van der Waals surface area (Å²) in [4.78, 5) is 27.6. The highest BCUT2D eigenvalue weighted by molar-refractivity contribution is 7.98. The van der Waals surface area contributed by atoms with Crippen LogP contribution < -0.4 is 10.2 Å². The van der Waals surface area contributed by atoms with Crippen molar-refractivity contribution in [2.75, 3.05) is 16.9 Å². The van der Waals surface area contributed by atoms with Crippen LogP contribution in [0.4, 0.5) is 5.69 Å². The van der Waals surface area contributed by atoms with Crippen molar-refractivity contribution in [1.82, 2.24) is 5.32 Å². The zero-order valence-electron chi connectivity index (χ0n) is 23.3. The summed E-state index contributed by atoms with van der Waals surface area (Å²) in [5.41, 5.74) is 7.86. The van der Waals surface area contributed by atoms with Crippen molar-refractivity contribution in [3.63, 3.8) is 0 Å². The van der Waals surface area contributed by atoms with Crippen LogP contribution >= 0.6 is 11.8 Å². The van der Waals surface area contributed by atoms with Gasteiger partial charge in [0.15, 0.2) is 0 Å². The minimum absolute atomic E-state index is 0.366. The van der Waals surface area contributed by atoms with Crippen LogP contribution in [0.5, 0.6) is 0 Å². The number of carboxylic acid groups (broad SMARTS) is 1. The van der Waals surface area contributed by atoms with Crippen molar-refractivity contribution in [1.29, 1.82) is 0 Å². The quantitative estimate of drug-likeness (QED) is 0.196. The highest BCUT2D eigenvalue weighted by Crippen LogP contribution is 2.30. The van der Waals surface area contributed by atoms with Crippen molar-refractivity contribution >= 4 is 29.3 Å². The molecule has 0 bridgehead atoms. The number of carbonyl (C=O) groups excluding carboxylic acids is 1. The second kappa shape index (κ2) is 13.9. The number of rotatable bonds is 12. The lowest BCUT2D eigenvalue weighted by Gasteiger charge is -2.26. The number of carbonyl (C=O) groups is 2. The molecule has 0 aliphatic rings. The highest BCUT2D eigenvalue weighted by Gasteiger charge is 2.23. The summed E-state index contributed by atoms with van der Waals surface area (Å²) < 4.78 is 0. The predicted molar refractivity (Wildman–Crippen MR) is 166 cm³/mol. The van der Waals surface area contributed by atoms with Gasteiger partial charge in [-0.25, -0.2) is 4.79 Å². The monoisotopic (exact) mass is 552 g/mol. The first-order chi connectivity index (χ1) is 19.4. The third kappa shape index (κ3) is 7.54. The number of hydrogen-bond acceptors (Lipinski definition) is 4. The summed E-state index contributed by atoms with van der Waals surface area (Å²) in [6, 6.07) is 31.8. The van der Waals surface area contributed by atoms with Gasteiger partial charge in [0.25, 0.3) is 5.91 Å². The normalized spacial score (nSPS) is 11.6. The van der Waals surface area contributed by atoms with Crippen molar-refractivity contribution in [3.8, 4) is 11.1 Å². The van der Waals surface area contributed by atoms with E-state index in [2.05, 4.69) is 71.7 Å². The van der Waals surface area contributed by atoms with Crippen molar-refractivity contribution in [3.05, 3.63) is 125 Å². The fourth-order valence-corrected chi connectivity index (χ4v) is 5.27. The second-order valence-electron chi connectivity index (χ2n) is 10.0. The predicted octanol–water partition coefficient (Wildman–Crippen LogP) is 7.11. The van der Waals surface area contributed by atoms with Crippen LogP contribution in [-0.2, 0) is 17.9 Å². The number of carboxylic acids is 1. The van der Waals surface area contributed by atoms with E-state index in [1.165, 1.54) is 11.1 Å². The molecule has 1 amide bonds. The molecule has 4 aromatic rings. The number of thioether (sulfide) groups is 1. The first-order valence-electron chi connectivity index (χ1n) is 13.4. The average Bonchev–Trinajstić information content (AvgIpc) is 2.95. The molecule has 0 radical (unpaired) electrons. The smallest absolute Gasteiger partial charge is 0.326 e. The van der Waals surface area contributed by atoms with E-state index in [4.69, 9.17) is 0 Å². The first-order valence-corrected chi connectivity index (χ1v) is 14.8. The summed E-state index contributed by atoms with van der Waals surface area (Å²) in [5.74, 6) is -0.749. The summed E-state index contributed by atoms with van der Waals surface area (Å²) in [5, 5.41) is 12.4. The van der Waals surface area contributed by atoms with Gasteiger partial charge in [-0.15, -0.1) is 0 Å². The van der Waals surface area contributed by atoms with E-state index in [1.54, 1.807) is 11.8 Å². The Bertz CT molecular complexity index is 1450. The van der Waals surface area contributed by atoms with Gasteiger partial charge in [0, 0.05) is 24.3 Å². The first kappa shape index (κ1) is 29.0. The number of anilines is 1. The topological polar surface area (TPSA) is 69.6 Å². The van der Waals surface area contributed by atoms with Crippen LogP contribution in [-0.4, -0.2) is 35.0 Å². The standard InChI is InChI=1S/C34H36N2O3S/c1-24-10-9-14-28(20-24)36(22-26-12-5-4-6-13-26)23-27-16-17-30(31(21-27)29-15-8-7-11-25(29)2)33(37)35-32(34(38)39)18-19-40-3/h4-17,20-21,32H,18-19,22-23H2,1-3H3,(H,35,37)(H,38,39). The van der Waals surface area contributed by atoms with E-state index < -0.39 is 12.0 Å². The molecule has 0 aromatic heterocycles. The zero-order valence-corrected chi connectivity index (χ0v) is 24.1. The van der Waals surface area contributed by atoms with Gasteiger partial charge in [-0.05, 0) is 89.9 Å². The van der Waals surface area contributed by atoms with E-state index in [0.29, 0.717) is 24.3 Å². The molecule has 0 fully saturated rings. The average molecular weight is 553 g/mol. The number of aliphatic carboxylic acids is 1. The molecule has 0 heterocycles. The summed E-state index contributed by atoms with van der Waals surface area (Å²) in [6.07, 6.45) is 2.29. The molecule has 4 aromatic carbocycles. The Morgan fingerprint density at radius 3 is 2.25 bits per heavy atom. The number of aryl methyl sites for hydroxylation is 2. The lowest BCUT2D eigenvalue weighted by molar-refractivity contribution is -0.139. The Morgan fingerprint density at radius 1 is 0.825 bits per heavy atom. The number of amides is 1. The van der Waals surface area contributed by atoms with Crippen molar-refractivity contribution in [2.24, 2.45) is 0 Å². The molecule has 0 aliphatic carbocycles. The number of hydrogen-bond donors (Lipinski definition) is 2. The molecular weight excluding hydrogens is 516 g/mol. The maximum Gasteiger partial charge on any atom is 0.326 e. The molecule has 2 N–H and O–H groups in total. The largest absolute Gasteiger partial charge is 0.480 e. The van der Waals surface area contributed by atoms with Gasteiger partial charge in [0.1, 0.15) is 6.04 Å². The summed E-state index contributed by atoms with van der Waals surface area (Å²) in [6.45, 7) is 5.50. The molecule has 0 saturated carbocycles. The Kier molecular flexibility index (Phi) is 10.0. The summed E-state index contributed by atoms with van der Waals surface area (Å²) in [7, 11) is 0. The lowest BCUT2D eigenvalue weighted by atomic mass is 9.93. The van der Waals surface area contributed by atoms with Crippen LogP contribution in [0, 0.1) is 13.8 Å². The SMILES string of the molecule is CSCCC(NC(=O)c1ccc(CN(Cc2ccccc2)c2cccc(C)c2)cc1-c1ccccc1C)C(=O)O. The van der Waals surface area contributed by atoms with Gasteiger partial charge >= 0.3 is 5.97 Å². The van der Waals surface area contributed by atoms with E-state index in [1.807, 2.05) is 55.6 Å². The fourth-order valence-electron chi connectivity index (χ4n) is 4.80. The van der Waals surface area contributed by atoms with Gasteiger partial charge < -0.3 is 15.3 Å². The molecule has 0 aliphatic heterocycles. The van der Waals surface area contributed by atoms with E-state index >= 15 is 0 Å². The van der Waals surface area contributed by atoms with Crippen LogP contribution in [0.15, 0.2) is 97.1 Å². The Balaban J connectivity index is 1.72. The molecule has 0 spiro atoms. The molecule has 4 rings (SSSR count). The van der Waals surface area contributed by atoms with Gasteiger partial charge in [0.05, 0.1) is 0 Å². The third-order valence-corrected chi connectivity index (χ3v) is 7.58. The van der Waals surface area contributed by atoms with Gasteiger partial charge in [0.2, 0.25) is 0 Å². The van der Waals surface area contributed by atoms with Gasteiger partial charge in [-0.1, -0.05) is 72.8 Å². The molecular formula is C34H36N2O3S. The van der Waals surface area contributed by atoms with Gasteiger partial charge in [-0.2, -0.15) is 11.8 Å². The van der Waals surface area contributed by atoms with Crippen LogP contribution in [0.25, 0.3) is 11.1 Å². The maximum atomic E-state index is 13.5. The van der Waals surface area contributed by atoms with E-state index in [0.717, 1.165) is 34.5 Å². The Hall–Kier alpha value is -4.03. The van der Waals surface area contributed by atoms with Crippen LogP contribution in [0.2, 0.25) is 0 Å². The number of nitrogens with one attached hydrogen (secondary N) is 1. The zero-order chi connectivity index (χ0) is 28.5. The Morgan fingerprint density at radius 2 is 1.55 bits per heavy atom. The molecule has 0 saturated heterocycles. The lowest BCUT2D eigenvalue weighted by Crippen LogP contribution is -2.41. The van der Waals surface area contributed by atoms with E-state index in [9.17, 15) is 14.7 Å². The minimum Gasteiger partial charge on any atom is -0.480 e. The molecule has 206 valence electrons. The van der Waals surface area contributed by atoms with Crippen LogP contribution in [0.1, 0.15) is 39.0 Å². The number of benzene rings is 4. The molecule has 40 heavy (non-hydrogen) atoms. The van der Waals surface area contributed by atoms with Crippen molar-refractivity contribution < 1.29 is 14.7 Å². The molecule has 1 unspecified atom stereocenters. The van der Waals surface area contributed by atoms with Gasteiger partial charge in [-0.3, -0.25) is 4.79 Å².